The molecule has 17 heavy (non-hydrogen) atoms. The van der Waals surface area contributed by atoms with Crippen LogP contribution in [0.2, 0.25) is 0 Å². The number of aliphatic hydroxyl groups excluding tert-OH is 4. The predicted octanol–water partition coefficient (Wildman–Crippen LogP) is -3.06. The number of phosphoric ester groups is 1. The lowest BCUT2D eigenvalue weighted by molar-refractivity contribution is -0.234. The molecule has 1 aliphatic heterocycles. The normalized spacial score (nSPS) is 39.3. The van der Waals surface area contributed by atoms with E-state index in [1.807, 2.05) is 0 Å². The van der Waals surface area contributed by atoms with E-state index in [-0.39, 0.29) is 0 Å². The second kappa shape index (κ2) is 5.70. The maximum atomic E-state index is 10.5. The van der Waals surface area contributed by atoms with Crippen LogP contribution in [-0.2, 0) is 13.8 Å². The second-order valence-corrected chi connectivity index (χ2v) is 4.89. The van der Waals surface area contributed by atoms with Gasteiger partial charge in [0.25, 0.3) is 0 Å². The first-order valence-electron chi connectivity index (χ1n) is 4.77. The molecule has 0 amide bonds. The summed E-state index contributed by atoms with van der Waals surface area (Å²) in [5, 5.41) is 37.1. The van der Waals surface area contributed by atoms with Crippen molar-refractivity contribution in [3.63, 3.8) is 0 Å². The van der Waals surface area contributed by atoms with Crippen LogP contribution in [0.3, 0.4) is 0 Å². The summed E-state index contributed by atoms with van der Waals surface area (Å²) in [6, 6.07) is 0. The number of phosphoric acid groups is 1. The maximum absolute atomic E-state index is 10.5. The van der Waals surface area contributed by atoms with Crippen LogP contribution in [0.25, 0.3) is 0 Å². The molecule has 0 unspecified atom stereocenters. The fourth-order valence-corrected chi connectivity index (χ4v) is 1.83. The molecule has 0 radical (unpaired) electrons. The molecule has 0 saturated carbocycles. The Hall–Kier alpha value is -0.0900. The largest absolute Gasteiger partial charge is 0.469 e. The number of aliphatic hydroxyl groups is 4. The van der Waals surface area contributed by atoms with Crippen molar-refractivity contribution < 1.29 is 44.0 Å². The molecule has 9 nitrogen and oxygen atoms in total. The van der Waals surface area contributed by atoms with Crippen molar-refractivity contribution in [2.24, 2.45) is 0 Å². The van der Waals surface area contributed by atoms with Crippen molar-refractivity contribution in [3.8, 4) is 0 Å². The van der Waals surface area contributed by atoms with Gasteiger partial charge in [0.2, 0.25) is 0 Å². The average Bonchev–Trinajstić information content (AvgIpc) is 2.24. The summed E-state index contributed by atoms with van der Waals surface area (Å²) >= 11 is 0. The molecule has 0 aromatic carbocycles. The third-order valence-electron chi connectivity index (χ3n) is 2.40. The highest BCUT2D eigenvalue weighted by Gasteiger charge is 2.43. The lowest BCUT2D eigenvalue weighted by atomic mass is 9.95. The molecule has 6 N–H and O–H groups in total. The molecular weight excluding hydrogens is 259 g/mol. The molecular formula is C7H15O9P. The predicted molar refractivity (Wildman–Crippen MR) is 51.8 cm³/mol. The minimum Gasteiger partial charge on any atom is -0.394 e. The van der Waals surface area contributed by atoms with Crippen LogP contribution in [0.4, 0.5) is 0 Å². The number of hydrogen-bond acceptors (Lipinski definition) is 7. The Morgan fingerprint density at radius 2 is 1.59 bits per heavy atom. The molecule has 0 aromatic heterocycles. The highest BCUT2D eigenvalue weighted by Crippen LogP contribution is 2.36. The van der Waals surface area contributed by atoms with Gasteiger partial charge < -0.3 is 34.9 Å². The zero-order valence-corrected chi connectivity index (χ0v) is 9.55. The first-order valence-corrected chi connectivity index (χ1v) is 6.30. The Morgan fingerprint density at radius 3 is 2.06 bits per heavy atom. The SMILES string of the molecule is O=P(O)(O)OC[C@H]1O[C@H](CO)[C@H](O)[C@H](O)[C@H]1O. The Morgan fingerprint density at radius 1 is 1.06 bits per heavy atom. The fraction of sp³-hybridized carbons (Fsp3) is 1.00. The summed E-state index contributed by atoms with van der Waals surface area (Å²) in [5.41, 5.74) is 0. The van der Waals surface area contributed by atoms with Crippen LogP contribution in [0.15, 0.2) is 0 Å². The van der Waals surface area contributed by atoms with E-state index in [0.717, 1.165) is 0 Å². The summed E-state index contributed by atoms with van der Waals surface area (Å²) in [6.45, 7) is -1.29. The van der Waals surface area contributed by atoms with E-state index in [9.17, 15) is 19.9 Å². The first-order chi connectivity index (χ1) is 7.76. The number of hydrogen-bond donors (Lipinski definition) is 6. The van der Waals surface area contributed by atoms with Crippen LogP contribution in [0.5, 0.6) is 0 Å². The standard InChI is InChI=1S/C7H15O9P/c8-1-3-5(9)7(11)6(10)4(16-3)2-15-17(12,13)14/h3-11H,1-2H2,(H2,12,13,14)/t3-,4-,5+,6+,7+/m1/s1. The third kappa shape index (κ3) is 3.95. The fourth-order valence-electron chi connectivity index (χ4n) is 1.49. The quantitative estimate of drug-likeness (QED) is 0.293. The lowest BCUT2D eigenvalue weighted by Crippen LogP contribution is -2.59. The molecule has 102 valence electrons. The molecule has 1 rings (SSSR count). The van der Waals surface area contributed by atoms with E-state index in [4.69, 9.17) is 19.6 Å². The Bertz CT molecular complexity index is 289. The van der Waals surface area contributed by atoms with Crippen molar-refractivity contribution in [1.82, 2.24) is 0 Å². The molecule has 1 fully saturated rings. The molecule has 1 saturated heterocycles. The van der Waals surface area contributed by atoms with Gasteiger partial charge in [-0.2, -0.15) is 0 Å². The van der Waals surface area contributed by atoms with Crippen molar-refractivity contribution >= 4 is 7.82 Å². The number of rotatable bonds is 4. The molecule has 0 aliphatic carbocycles. The topological polar surface area (TPSA) is 157 Å². The summed E-state index contributed by atoms with van der Waals surface area (Å²) < 4.78 is 19.5. The monoisotopic (exact) mass is 274 g/mol. The molecule has 0 spiro atoms. The molecule has 1 heterocycles. The molecule has 0 bridgehead atoms. The second-order valence-electron chi connectivity index (χ2n) is 3.65. The van der Waals surface area contributed by atoms with Crippen molar-refractivity contribution in [1.29, 1.82) is 0 Å². The third-order valence-corrected chi connectivity index (χ3v) is 2.88. The van der Waals surface area contributed by atoms with Crippen LogP contribution in [-0.4, -0.2) is 73.9 Å². The van der Waals surface area contributed by atoms with E-state index in [0.29, 0.717) is 0 Å². The molecule has 0 aromatic rings. The van der Waals surface area contributed by atoms with E-state index >= 15 is 0 Å². The number of ether oxygens (including phenoxy) is 1. The van der Waals surface area contributed by atoms with Gasteiger partial charge in [0, 0.05) is 0 Å². The Kier molecular flexibility index (Phi) is 5.02. The van der Waals surface area contributed by atoms with E-state index in [2.05, 4.69) is 4.52 Å². The van der Waals surface area contributed by atoms with E-state index < -0.39 is 51.6 Å². The van der Waals surface area contributed by atoms with Gasteiger partial charge in [0.05, 0.1) is 13.2 Å². The highest BCUT2D eigenvalue weighted by atomic mass is 31.2. The zero-order chi connectivity index (χ0) is 13.2. The van der Waals surface area contributed by atoms with E-state index in [1.165, 1.54) is 0 Å². The maximum Gasteiger partial charge on any atom is 0.469 e. The summed E-state index contributed by atoms with van der Waals surface area (Å²) in [5.74, 6) is 0. The lowest BCUT2D eigenvalue weighted by Gasteiger charge is -2.39. The van der Waals surface area contributed by atoms with Gasteiger partial charge in [-0.25, -0.2) is 4.57 Å². The van der Waals surface area contributed by atoms with Gasteiger partial charge in [-0.1, -0.05) is 0 Å². The van der Waals surface area contributed by atoms with Crippen LogP contribution in [0, 0.1) is 0 Å². The zero-order valence-electron chi connectivity index (χ0n) is 8.66. The Balaban J connectivity index is 2.62. The molecule has 1 aliphatic rings. The Labute approximate surface area is 96.5 Å². The summed E-state index contributed by atoms with van der Waals surface area (Å²) in [4.78, 5) is 16.9. The smallest absolute Gasteiger partial charge is 0.394 e. The van der Waals surface area contributed by atoms with Gasteiger partial charge >= 0.3 is 7.82 Å². The van der Waals surface area contributed by atoms with Crippen LogP contribution >= 0.6 is 7.82 Å². The van der Waals surface area contributed by atoms with Gasteiger partial charge in [0.1, 0.15) is 30.5 Å². The highest BCUT2D eigenvalue weighted by molar-refractivity contribution is 7.46. The summed E-state index contributed by atoms with van der Waals surface area (Å²) in [6.07, 6.45) is -7.05. The van der Waals surface area contributed by atoms with Crippen LogP contribution < -0.4 is 0 Å². The first kappa shape index (κ1) is 15.0. The van der Waals surface area contributed by atoms with E-state index in [1.54, 1.807) is 0 Å². The van der Waals surface area contributed by atoms with Crippen molar-refractivity contribution in [2.45, 2.75) is 30.5 Å². The van der Waals surface area contributed by atoms with Crippen molar-refractivity contribution in [2.75, 3.05) is 13.2 Å². The molecule has 10 heteroatoms. The van der Waals surface area contributed by atoms with Crippen molar-refractivity contribution in [3.05, 3.63) is 0 Å². The molecule has 5 atom stereocenters. The average molecular weight is 274 g/mol. The van der Waals surface area contributed by atoms with Gasteiger partial charge in [0.15, 0.2) is 0 Å². The minimum atomic E-state index is -4.72. The summed E-state index contributed by atoms with van der Waals surface area (Å²) in [7, 11) is -4.72. The van der Waals surface area contributed by atoms with Crippen LogP contribution in [0.1, 0.15) is 0 Å². The van der Waals surface area contributed by atoms with Gasteiger partial charge in [-0.15, -0.1) is 0 Å². The van der Waals surface area contributed by atoms with Gasteiger partial charge in [-0.3, -0.25) is 4.52 Å². The minimum absolute atomic E-state index is 0.614. The van der Waals surface area contributed by atoms with Gasteiger partial charge in [-0.05, 0) is 0 Å².